The van der Waals surface area contributed by atoms with Crippen molar-refractivity contribution in [1.82, 2.24) is 0 Å². The lowest BCUT2D eigenvalue weighted by atomic mass is 10.1. The summed E-state index contributed by atoms with van der Waals surface area (Å²) in [4.78, 5) is 10.8. The Morgan fingerprint density at radius 1 is 1.00 bits per heavy atom. The number of amides is 2. The minimum Gasteiger partial charge on any atom is -0.351 e. The number of anilines is 3. The van der Waals surface area contributed by atoms with Gasteiger partial charge in [0.2, 0.25) is 0 Å². The third-order valence-electron chi connectivity index (χ3n) is 2.86. The summed E-state index contributed by atoms with van der Waals surface area (Å²) in [6.45, 7) is 4.08. The number of aryl methyl sites for hydroxylation is 2. The van der Waals surface area contributed by atoms with E-state index < -0.39 is 6.03 Å². The van der Waals surface area contributed by atoms with Crippen molar-refractivity contribution in [1.29, 1.82) is 0 Å². The predicted octanol–water partition coefficient (Wildman–Crippen LogP) is 3.23. The molecule has 5 nitrogen and oxygen atoms in total. The molecule has 2 aromatic rings. The number of nitrogens with two attached hydrogens (primary N) is 1. The fraction of sp³-hybridized carbons (Fsp3) is 0.133. The normalized spacial score (nSPS) is 9.90. The van der Waals surface area contributed by atoms with E-state index in [4.69, 9.17) is 5.73 Å². The second-order valence-corrected chi connectivity index (χ2v) is 4.64. The van der Waals surface area contributed by atoms with Gasteiger partial charge >= 0.3 is 6.03 Å². The molecule has 5 heteroatoms. The lowest BCUT2D eigenvalue weighted by Gasteiger charge is -2.13. The van der Waals surface area contributed by atoms with Crippen LogP contribution in [-0.2, 0) is 0 Å². The number of hydrogen-bond donors (Lipinski definition) is 4. The van der Waals surface area contributed by atoms with Gasteiger partial charge in [0.25, 0.3) is 0 Å². The number of benzene rings is 2. The summed E-state index contributed by atoms with van der Waals surface area (Å²) in [6.07, 6.45) is 0. The molecular formula is C15H18N4O. The molecule has 20 heavy (non-hydrogen) atoms. The fourth-order valence-electron chi connectivity index (χ4n) is 1.83. The first kappa shape index (κ1) is 13.7. The van der Waals surface area contributed by atoms with Crippen LogP contribution in [0, 0.1) is 13.8 Å². The summed E-state index contributed by atoms with van der Waals surface area (Å²) in [5, 5.41) is 2.53. The van der Waals surface area contributed by atoms with Gasteiger partial charge in [-0.05, 0) is 49.2 Å². The number of hydrogen-bond acceptors (Lipinski definition) is 3. The number of nitrogens with one attached hydrogen (secondary N) is 3. The molecule has 0 unspecified atom stereocenters. The van der Waals surface area contributed by atoms with Crippen LogP contribution in [0.3, 0.4) is 0 Å². The van der Waals surface area contributed by atoms with E-state index in [0.717, 1.165) is 16.9 Å². The number of hydrazine groups is 1. The largest absolute Gasteiger partial charge is 0.351 e. The molecular weight excluding hydrogens is 252 g/mol. The van der Waals surface area contributed by atoms with E-state index in [1.165, 1.54) is 5.56 Å². The summed E-state index contributed by atoms with van der Waals surface area (Å²) in [5.41, 5.74) is 16.2. The summed E-state index contributed by atoms with van der Waals surface area (Å²) < 4.78 is 0. The average molecular weight is 270 g/mol. The Morgan fingerprint density at radius 2 is 1.75 bits per heavy atom. The highest BCUT2D eigenvalue weighted by Crippen LogP contribution is 2.19. The number of carbonyl (C=O) groups excluding carboxylic acids is 1. The molecule has 0 bridgehead atoms. The monoisotopic (exact) mass is 270 g/mol. The summed E-state index contributed by atoms with van der Waals surface area (Å²) in [5.74, 6) is 0. The van der Waals surface area contributed by atoms with Crippen LogP contribution < -0.4 is 21.9 Å². The van der Waals surface area contributed by atoms with Gasteiger partial charge in [-0.1, -0.05) is 18.2 Å². The summed E-state index contributed by atoms with van der Waals surface area (Å²) in [7, 11) is 0. The minimum atomic E-state index is -0.579. The minimum absolute atomic E-state index is 0.579. The van der Waals surface area contributed by atoms with Crippen molar-refractivity contribution in [3.63, 3.8) is 0 Å². The van der Waals surface area contributed by atoms with Crippen LogP contribution in [0.4, 0.5) is 21.9 Å². The molecule has 0 heterocycles. The van der Waals surface area contributed by atoms with Crippen LogP contribution in [0.2, 0.25) is 0 Å². The van der Waals surface area contributed by atoms with Crippen molar-refractivity contribution in [2.75, 3.05) is 16.2 Å². The van der Waals surface area contributed by atoms with Gasteiger partial charge in [0.05, 0.1) is 11.4 Å². The zero-order valence-corrected chi connectivity index (χ0v) is 11.5. The van der Waals surface area contributed by atoms with Gasteiger partial charge < -0.3 is 21.9 Å². The van der Waals surface area contributed by atoms with Gasteiger partial charge in [-0.2, -0.15) is 0 Å². The SMILES string of the molecule is Cc1ccc(C)c(NNc2cccc(NC(N)=O)c2)c1. The second kappa shape index (κ2) is 5.97. The zero-order valence-electron chi connectivity index (χ0n) is 11.5. The molecule has 0 atom stereocenters. The topological polar surface area (TPSA) is 79.2 Å². The van der Waals surface area contributed by atoms with Crippen LogP contribution in [0.25, 0.3) is 0 Å². The van der Waals surface area contributed by atoms with E-state index in [1.54, 1.807) is 12.1 Å². The maximum Gasteiger partial charge on any atom is 0.316 e. The Morgan fingerprint density at radius 3 is 2.50 bits per heavy atom. The van der Waals surface area contributed by atoms with Crippen molar-refractivity contribution >= 4 is 23.1 Å². The van der Waals surface area contributed by atoms with Gasteiger partial charge in [0.1, 0.15) is 0 Å². The van der Waals surface area contributed by atoms with E-state index in [2.05, 4.69) is 34.4 Å². The zero-order chi connectivity index (χ0) is 14.5. The Balaban J connectivity index is 2.07. The highest BCUT2D eigenvalue weighted by atomic mass is 16.2. The number of primary amides is 1. The summed E-state index contributed by atoms with van der Waals surface area (Å²) >= 11 is 0. The van der Waals surface area contributed by atoms with E-state index in [-0.39, 0.29) is 0 Å². The highest BCUT2D eigenvalue weighted by Gasteiger charge is 2.00. The molecule has 0 aromatic heterocycles. The molecule has 0 spiro atoms. The first-order chi connectivity index (χ1) is 9.54. The molecule has 0 saturated heterocycles. The predicted molar refractivity (Wildman–Crippen MR) is 82.8 cm³/mol. The van der Waals surface area contributed by atoms with Crippen molar-refractivity contribution in [2.24, 2.45) is 5.73 Å². The standard InChI is InChI=1S/C15H18N4O/c1-10-6-7-11(2)14(8-10)19-18-13-5-3-4-12(9-13)17-15(16)20/h3-9,18-19H,1-2H3,(H3,16,17,20). The van der Waals surface area contributed by atoms with Crippen molar-refractivity contribution in [3.05, 3.63) is 53.6 Å². The van der Waals surface area contributed by atoms with Crippen LogP contribution in [0.1, 0.15) is 11.1 Å². The molecule has 104 valence electrons. The van der Waals surface area contributed by atoms with Crippen molar-refractivity contribution < 1.29 is 4.79 Å². The smallest absolute Gasteiger partial charge is 0.316 e. The van der Waals surface area contributed by atoms with Gasteiger partial charge in [-0.25, -0.2) is 4.79 Å². The third kappa shape index (κ3) is 3.65. The number of urea groups is 1. The van der Waals surface area contributed by atoms with E-state index in [9.17, 15) is 4.79 Å². The Hall–Kier alpha value is -2.69. The van der Waals surface area contributed by atoms with Crippen LogP contribution in [0.15, 0.2) is 42.5 Å². The summed E-state index contributed by atoms with van der Waals surface area (Å²) in [6, 6.07) is 12.9. The van der Waals surface area contributed by atoms with Crippen LogP contribution >= 0.6 is 0 Å². The number of rotatable bonds is 4. The van der Waals surface area contributed by atoms with E-state index in [0.29, 0.717) is 5.69 Å². The quantitative estimate of drug-likeness (QED) is 0.644. The molecule has 2 amide bonds. The fourth-order valence-corrected chi connectivity index (χ4v) is 1.83. The van der Waals surface area contributed by atoms with Gasteiger partial charge in [-0.3, -0.25) is 0 Å². The lowest BCUT2D eigenvalue weighted by molar-refractivity contribution is 0.259. The highest BCUT2D eigenvalue weighted by molar-refractivity contribution is 5.88. The molecule has 0 aliphatic rings. The van der Waals surface area contributed by atoms with E-state index >= 15 is 0 Å². The Bertz CT molecular complexity index is 625. The average Bonchev–Trinajstić information content (AvgIpc) is 2.39. The molecule has 0 aliphatic carbocycles. The maximum absolute atomic E-state index is 10.8. The first-order valence-electron chi connectivity index (χ1n) is 6.30. The maximum atomic E-state index is 10.8. The molecule has 0 radical (unpaired) electrons. The van der Waals surface area contributed by atoms with Crippen LogP contribution in [-0.4, -0.2) is 6.03 Å². The van der Waals surface area contributed by atoms with Gasteiger partial charge in [0, 0.05) is 5.69 Å². The van der Waals surface area contributed by atoms with Gasteiger partial charge in [0.15, 0.2) is 0 Å². The molecule has 0 aliphatic heterocycles. The van der Waals surface area contributed by atoms with Crippen molar-refractivity contribution in [2.45, 2.75) is 13.8 Å². The third-order valence-corrected chi connectivity index (χ3v) is 2.86. The Kier molecular flexibility index (Phi) is 4.10. The lowest BCUT2D eigenvalue weighted by Crippen LogP contribution is -2.19. The molecule has 5 N–H and O–H groups in total. The van der Waals surface area contributed by atoms with Gasteiger partial charge in [-0.15, -0.1) is 0 Å². The van der Waals surface area contributed by atoms with Crippen LogP contribution in [0.5, 0.6) is 0 Å². The number of carbonyl (C=O) groups is 1. The molecule has 2 aromatic carbocycles. The van der Waals surface area contributed by atoms with Crippen molar-refractivity contribution in [3.8, 4) is 0 Å². The second-order valence-electron chi connectivity index (χ2n) is 4.64. The molecule has 0 fully saturated rings. The molecule has 0 saturated carbocycles. The first-order valence-corrected chi connectivity index (χ1v) is 6.30. The molecule has 2 rings (SSSR count). The Labute approximate surface area is 118 Å². The van der Waals surface area contributed by atoms with E-state index in [1.807, 2.05) is 26.0 Å².